The van der Waals surface area contributed by atoms with Gasteiger partial charge in [0.2, 0.25) is 0 Å². The van der Waals surface area contributed by atoms with Crippen LogP contribution in [0.3, 0.4) is 0 Å². The van der Waals surface area contributed by atoms with Crippen molar-refractivity contribution in [2.24, 2.45) is 11.8 Å². The minimum absolute atomic E-state index is 0.340. The van der Waals surface area contributed by atoms with E-state index >= 15 is 0 Å². The van der Waals surface area contributed by atoms with E-state index in [4.69, 9.17) is 5.11 Å². The smallest absolute Gasteiger partial charge is 0.303 e. The van der Waals surface area contributed by atoms with Crippen LogP contribution in [0.2, 0.25) is 0 Å². The van der Waals surface area contributed by atoms with Crippen LogP contribution in [-0.2, 0) is 4.79 Å². The standard InChI is InChI=1S/C26H52O2/c1-4-5-6-7-8-9-10-11-12-13-15-18-21-24(2)25(3)22-19-16-14-17-20-23-26(27)28/h24-25H,4-23H2,1-3H3,(H,27,28). The predicted octanol–water partition coefficient (Wildman–Crippen LogP) is 9.17. The molecule has 0 aromatic heterocycles. The molecule has 0 saturated carbocycles. The molecule has 0 amide bonds. The summed E-state index contributed by atoms with van der Waals surface area (Å²) in [6.45, 7) is 7.16. The molecular weight excluding hydrogens is 344 g/mol. The van der Waals surface area contributed by atoms with Crippen LogP contribution in [0.1, 0.15) is 149 Å². The summed E-state index contributed by atoms with van der Waals surface area (Å²) in [4.78, 5) is 10.5. The summed E-state index contributed by atoms with van der Waals surface area (Å²) < 4.78 is 0. The van der Waals surface area contributed by atoms with Crippen molar-refractivity contribution in [1.82, 2.24) is 0 Å². The molecule has 0 fully saturated rings. The van der Waals surface area contributed by atoms with Gasteiger partial charge < -0.3 is 5.11 Å². The van der Waals surface area contributed by atoms with Crippen LogP contribution in [0.5, 0.6) is 0 Å². The Morgan fingerprint density at radius 1 is 0.571 bits per heavy atom. The Balaban J connectivity index is 3.32. The molecule has 2 nitrogen and oxygen atoms in total. The first-order valence-corrected chi connectivity index (χ1v) is 12.8. The number of aliphatic carboxylic acids is 1. The lowest BCUT2D eigenvalue weighted by atomic mass is 9.86. The Labute approximate surface area is 177 Å². The molecule has 1 N–H and O–H groups in total. The highest BCUT2D eigenvalue weighted by Crippen LogP contribution is 2.24. The number of carboxylic acids is 1. The second-order valence-electron chi connectivity index (χ2n) is 9.33. The fourth-order valence-electron chi connectivity index (χ4n) is 4.15. The van der Waals surface area contributed by atoms with Gasteiger partial charge in [0.25, 0.3) is 0 Å². The van der Waals surface area contributed by atoms with Crippen molar-refractivity contribution >= 4 is 5.97 Å². The number of unbranched alkanes of at least 4 members (excludes halogenated alkanes) is 15. The van der Waals surface area contributed by atoms with Crippen LogP contribution < -0.4 is 0 Å². The summed E-state index contributed by atoms with van der Waals surface area (Å²) in [6, 6.07) is 0. The maximum absolute atomic E-state index is 10.5. The topological polar surface area (TPSA) is 37.3 Å². The Hall–Kier alpha value is -0.530. The van der Waals surface area contributed by atoms with Gasteiger partial charge in [0, 0.05) is 6.42 Å². The summed E-state index contributed by atoms with van der Waals surface area (Å²) in [6.07, 6.45) is 26.0. The number of carbonyl (C=O) groups is 1. The minimum Gasteiger partial charge on any atom is -0.481 e. The molecule has 2 unspecified atom stereocenters. The van der Waals surface area contributed by atoms with Crippen molar-refractivity contribution in [1.29, 1.82) is 0 Å². The van der Waals surface area contributed by atoms with E-state index in [1.165, 1.54) is 109 Å². The molecule has 2 atom stereocenters. The van der Waals surface area contributed by atoms with Gasteiger partial charge in [-0.1, -0.05) is 136 Å². The number of rotatable bonds is 22. The van der Waals surface area contributed by atoms with Gasteiger partial charge in [0.05, 0.1) is 0 Å². The molecule has 28 heavy (non-hydrogen) atoms. The van der Waals surface area contributed by atoms with Gasteiger partial charge in [0.15, 0.2) is 0 Å². The predicted molar refractivity (Wildman–Crippen MR) is 124 cm³/mol. The van der Waals surface area contributed by atoms with Crippen LogP contribution in [0, 0.1) is 11.8 Å². The maximum Gasteiger partial charge on any atom is 0.303 e. The van der Waals surface area contributed by atoms with Gasteiger partial charge in [-0.2, -0.15) is 0 Å². The molecule has 0 radical (unpaired) electrons. The highest BCUT2D eigenvalue weighted by atomic mass is 16.4. The Bertz CT molecular complexity index is 326. The van der Waals surface area contributed by atoms with Crippen molar-refractivity contribution in [2.45, 2.75) is 149 Å². The molecule has 2 heteroatoms. The second-order valence-corrected chi connectivity index (χ2v) is 9.33. The third-order valence-corrected chi connectivity index (χ3v) is 6.53. The van der Waals surface area contributed by atoms with E-state index in [9.17, 15) is 4.79 Å². The molecule has 0 aromatic carbocycles. The molecule has 0 aliphatic rings. The molecule has 0 spiro atoms. The maximum atomic E-state index is 10.5. The average molecular weight is 397 g/mol. The lowest BCUT2D eigenvalue weighted by molar-refractivity contribution is -0.137. The van der Waals surface area contributed by atoms with Crippen LogP contribution in [0.4, 0.5) is 0 Å². The van der Waals surface area contributed by atoms with E-state index in [2.05, 4.69) is 20.8 Å². The zero-order valence-electron chi connectivity index (χ0n) is 19.7. The van der Waals surface area contributed by atoms with Gasteiger partial charge in [-0.05, 0) is 18.3 Å². The molecule has 0 heterocycles. The van der Waals surface area contributed by atoms with Crippen LogP contribution in [0.15, 0.2) is 0 Å². The molecule has 0 bridgehead atoms. The molecule has 168 valence electrons. The molecule has 0 aliphatic carbocycles. The van der Waals surface area contributed by atoms with E-state index in [1.807, 2.05) is 0 Å². The first-order chi connectivity index (χ1) is 13.6. The quantitative estimate of drug-likeness (QED) is 0.185. The fourth-order valence-corrected chi connectivity index (χ4v) is 4.15. The van der Waals surface area contributed by atoms with E-state index in [1.54, 1.807) is 0 Å². The molecular formula is C26H52O2. The van der Waals surface area contributed by atoms with Crippen molar-refractivity contribution in [2.75, 3.05) is 0 Å². The van der Waals surface area contributed by atoms with Gasteiger partial charge >= 0.3 is 5.97 Å². The van der Waals surface area contributed by atoms with Crippen molar-refractivity contribution in [3.8, 4) is 0 Å². The molecule has 0 aliphatic heterocycles. The SMILES string of the molecule is CCCCCCCCCCCCCCC(C)C(C)CCCCCCCC(=O)O. The monoisotopic (exact) mass is 396 g/mol. The Morgan fingerprint density at radius 2 is 0.893 bits per heavy atom. The lowest BCUT2D eigenvalue weighted by Gasteiger charge is -2.19. The minimum atomic E-state index is -0.653. The van der Waals surface area contributed by atoms with Crippen molar-refractivity contribution in [3.05, 3.63) is 0 Å². The third-order valence-electron chi connectivity index (χ3n) is 6.53. The first kappa shape index (κ1) is 27.5. The second kappa shape index (κ2) is 21.2. The highest BCUT2D eigenvalue weighted by molar-refractivity contribution is 5.66. The largest absolute Gasteiger partial charge is 0.481 e. The zero-order chi connectivity index (χ0) is 20.9. The van der Waals surface area contributed by atoms with E-state index in [0.29, 0.717) is 6.42 Å². The van der Waals surface area contributed by atoms with Crippen LogP contribution in [-0.4, -0.2) is 11.1 Å². The normalized spacial score (nSPS) is 13.5. The number of hydrogen-bond donors (Lipinski definition) is 1. The summed E-state index contributed by atoms with van der Waals surface area (Å²) in [5.41, 5.74) is 0. The van der Waals surface area contributed by atoms with Crippen molar-refractivity contribution < 1.29 is 9.90 Å². The van der Waals surface area contributed by atoms with E-state index in [-0.39, 0.29) is 0 Å². The fraction of sp³-hybridized carbons (Fsp3) is 0.962. The average Bonchev–Trinajstić information content (AvgIpc) is 2.67. The highest BCUT2D eigenvalue weighted by Gasteiger charge is 2.11. The summed E-state index contributed by atoms with van der Waals surface area (Å²) in [7, 11) is 0. The summed E-state index contributed by atoms with van der Waals surface area (Å²) in [5.74, 6) is 1.04. The number of carboxylic acid groups (broad SMARTS) is 1. The molecule has 0 aromatic rings. The van der Waals surface area contributed by atoms with E-state index in [0.717, 1.165) is 24.7 Å². The van der Waals surface area contributed by atoms with E-state index < -0.39 is 5.97 Å². The summed E-state index contributed by atoms with van der Waals surface area (Å²) >= 11 is 0. The Kier molecular flexibility index (Phi) is 20.8. The molecule has 0 rings (SSSR count). The van der Waals surface area contributed by atoms with Crippen LogP contribution >= 0.6 is 0 Å². The van der Waals surface area contributed by atoms with Gasteiger partial charge in [0.1, 0.15) is 0 Å². The summed E-state index contributed by atoms with van der Waals surface area (Å²) in [5, 5.41) is 8.64. The van der Waals surface area contributed by atoms with Gasteiger partial charge in [-0.15, -0.1) is 0 Å². The number of hydrogen-bond acceptors (Lipinski definition) is 1. The zero-order valence-corrected chi connectivity index (χ0v) is 19.7. The van der Waals surface area contributed by atoms with Gasteiger partial charge in [-0.25, -0.2) is 0 Å². The van der Waals surface area contributed by atoms with Crippen LogP contribution in [0.25, 0.3) is 0 Å². The Morgan fingerprint density at radius 3 is 1.25 bits per heavy atom. The van der Waals surface area contributed by atoms with Crippen molar-refractivity contribution in [3.63, 3.8) is 0 Å². The third kappa shape index (κ3) is 20.2. The van der Waals surface area contributed by atoms with Gasteiger partial charge in [-0.3, -0.25) is 4.79 Å². The molecule has 0 saturated heterocycles. The lowest BCUT2D eigenvalue weighted by Crippen LogP contribution is -2.08. The first-order valence-electron chi connectivity index (χ1n) is 12.8.